The highest BCUT2D eigenvalue weighted by atomic mass is 32.1. The molecule has 0 aliphatic heterocycles. The van der Waals surface area contributed by atoms with Crippen molar-refractivity contribution in [2.75, 3.05) is 0 Å². The minimum atomic E-state index is 0.375. The monoisotopic (exact) mass is 210 g/mol. The van der Waals surface area contributed by atoms with Crippen molar-refractivity contribution < 1.29 is 0 Å². The van der Waals surface area contributed by atoms with Gasteiger partial charge in [0.05, 0.1) is 6.04 Å². The average Bonchev–Trinajstić information content (AvgIpc) is 2.91. The Morgan fingerprint density at radius 2 is 2.29 bits per heavy atom. The number of hydrazine groups is 1. The third kappa shape index (κ3) is 2.16. The van der Waals surface area contributed by atoms with Crippen LogP contribution in [-0.2, 0) is 0 Å². The summed E-state index contributed by atoms with van der Waals surface area (Å²) in [4.78, 5) is 2.81. The Kier molecular flexibility index (Phi) is 2.91. The molecule has 1 fully saturated rings. The normalized spacial score (nSPS) is 18.5. The molecule has 1 aromatic rings. The number of nitrogens with one attached hydrogen (secondary N) is 1. The van der Waals surface area contributed by atoms with Crippen LogP contribution in [-0.4, -0.2) is 0 Å². The number of thiophene rings is 1. The highest BCUT2D eigenvalue weighted by molar-refractivity contribution is 7.12. The molecule has 0 amide bonds. The van der Waals surface area contributed by atoms with Gasteiger partial charge in [0.2, 0.25) is 0 Å². The summed E-state index contributed by atoms with van der Waals surface area (Å²) >= 11 is 1.87. The zero-order chi connectivity index (χ0) is 10.1. The maximum Gasteiger partial charge on any atom is 0.0556 e. The van der Waals surface area contributed by atoms with Crippen LogP contribution in [0, 0.1) is 19.8 Å². The molecule has 1 aliphatic carbocycles. The molecule has 0 aromatic carbocycles. The number of aryl methyl sites for hydroxylation is 2. The molecule has 1 aromatic heterocycles. The first-order chi connectivity index (χ1) is 6.70. The van der Waals surface area contributed by atoms with Crippen LogP contribution in [0.2, 0.25) is 0 Å². The van der Waals surface area contributed by atoms with Gasteiger partial charge in [-0.3, -0.25) is 11.3 Å². The molecule has 14 heavy (non-hydrogen) atoms. The second-order valence-electron chi connectivity index (χ2n) is 4.29. The van der Waals surface area contributed by atoms with Gasteiger partial charge in [-0.2, -0.15) is 0 Å². The van der Waals surface area contributed by atoms with Crippen molar-refractivity contribution in [1.29, 1.82) is 0 Å². The van der Waals surface area contributed by atoms with E-state index in [1.807, 2.05) is 11.3 Å². The Bertz CT molecular complexity index is 296. The van der Waals surface area contributed by atoms with Crippen LogP contribution >= 0.6 is 11.3 Å². The summed E-state index contributed by atoms with van der Waals surface area (Å²) in [5, 5.41) is 0. The fourth-order valence-corrected chi connectivity index (χ4v) is 2.84. The van der Waals surface area contributed by atoms with E-state index in [4.69, 9.17) is 5.84 Å². The van der Waals surface area contributed by atoms with Crippen molar-refractivity contribution in [3.63, 3.8) is 0 Å². The first kappa shape index (κ1) is 10.1. The van der Waals surface area contributed by atoms with Crippen LogP contribution in [0.4, 0.5) is 0 Å². The molecule has 1 atom stereocenters. The molecule has 3 N–H and O–H groups in total. The Labute approximate surface area is 89.5 Å². The Hall–Kier alpha value is -0.380. The summed E-state index contributed by atoms with van der Waals surface area (Å²) in [5.41, 5.74) is 4.33. The quantitative estimate of drug-likeness (QED) is 0.592. The van der Waals surface area contributed by atoms with Gasteiger partial charge in [0.1, 0.15) is 0 Å². The molecular formula is C11H18N2S. The van der Waals surface area contributed by atoms with Crippen LogP contribution in [0.5, 0.6) is 0 Å². The largest absolute Gasteiger partial charge is 0.271 e. The molecule has 78 valence electrons. The van der Waals surface area contributed by atoms with Crippen molar-refractivity contribution in [3.8, 4) is 0 Å². The maximum absolute atomic E-state index is 5.60. The summed E-state index contributed by atoms with van der Waals surface area (Å²) in [6.45, 7) is 4.34. The summed E-state index contributed by atoms with van der Waals surface area (Å²) in [6.07, 6.45) is 3.99. The first-order valence-electron chi connectivity index (χ1n) is 5.23. The van der Waals surface area contributed by atoms with E-state index in [-0.39, 0.29) is 0 Å². The van der Waals surface area contributed by atoms with E-state index >= 15 is 0 Å². The standard InChI is InChI=1S/C11H18N2S/c1-7-5-11(14-8(7)2)10(13-12)6-9-3-4-9/h5,9-10,13H,3-4,6,12H2,1-2H3. The zero-order valence-corrected chi connectivity index (χ0v) is 9.66. The van der Waals surface area contributed by atoms with E-state index in [1.165, 1.54) is 34.6 Å². The highest BCUT2D eigenvalue weighted by Crippen LogP contribution is 2.39. The fourth-order valence-electron chi connectivity index (χ4n) is 1.73. The van der Waals surface area contributed by atoms with E-state index in [0.29, 0.717) is 6.04 Å². The van der Waals surface area contributed by atoms with Gasteiger partial charge in [-0.1, -0.05) is 12.8 Å². The molecule has 1 unspecified atom stereocenters. The second kappa shape index (κ2) is 4.01. The van der Waals surface area contributed by atoms with E-state index in [2.05, 4.69) is 25.3 Å². The zero-order valence-electron chi connectivity index (χ0n) is 8.84. The Morgan fingerprint density at radius 1 is 1.57 bits per heavy atom. The van der Waals surface area contributed by atoms with Gasteiger partial charge in [0.25, 0.3) is 0 Å². The summed E-state index contributed by atoms with van der Waals surface area (Å²) in [7, 11) is 0. The number of rotatable bonds is 4. The van der Waals surface area contributed by atoms with Crippen molar-refractivity contribution in [2.45, 2.75) is 39.2 Å². The lowest BCUT2D eigenvalue weighted by Crippen LogP contribution is -2.27. The third-order valence-corrected chi connectivity index (χ3v) is 4.26. The molecule has 2 nitrogen and oxygen atoms in total. The lowest BCUT2D eigenvalue weighted by Gasteiger charge is -2.12. The number of hydrogen-bond donors (Lipinski definition) is 2. The molecule has 1 aliphatic rings. The van der Waals surface area contributed by atoms with Crippen LogP contribution in [0.15, 0.2) is 6.07 Å². The predicted molar refractivity (Wildman–Crippen MR) is 61.2 cm³/mol. The predicted octanol–water partition coefficient (Wildman–Crippen LogP) is 2.67. The lowest BCUT2D eigenvalue weighted by molar-refractivity contribution is 0.494. The van der Waals surface area contributed by atoms with Crippen LogP contribution in [0.3, 0.4) is 0 Å². The van der Waals surface area contributed by atoms with Crippen molar-refractivity contribution >= 4 is 11.3 Å². The average molecular weight is 210 g/mol. The lowest BCUT2D eigenvalue weighted by atomic mass is 10.1. The van der Waals surface area contributed by atoms with Crippen LogP contribution in [0.1, 0.15) is 40.6 Å². The van der Waals surface area contributed by atoms with Crippen molar-refractivity contribution in [2.24, 2.45) is 11.8 Å². The topological polar surface area (TPSA) is 38.0 Å². The highest BCUT2D eigenvalue weighted by Gasteiger charge is 2.26. The Balaban J connectivity index is 2.08. The van der Waals surface area contributed by atoms with Crippen molar-refractivity contribution in [1.82, 2.24) is 5.43 Å². The first-order valence-corrected chi connectivity index (χ1v) is 6.05. The molecule has 0 saturated heterocycles. The van der Waals surface area contributed by atoms with Gasteiger partial charge in [-0.15, -0.1) is 11.3 Å². The molecule has 2 rings (SSSR count). The maximum atomic E-state index is 5.60. The molecule has 0 bridgehead atoms. The van der Waals surface area contributed by atoms with Crippen molar-refractivity contribution in [3.05, 3.63) is 21.4 Å². The molecule has 1 heterocycles. The van der Waals surface area contributed by atoms with E-state index in [1.54, 1.807) is 0 Å². The van der Waals surface area contributed by atoms with Gasteiger partial charge < -0.3 is 0 Å². The summed E-state index contributed by atoms with van der Waals surface area (Å²) in [6, 6.07) is 2.65. The van der Waals surface area contributed by atoms with E-state index < -0.39 is 0 Å². The summed E-state index contributed by atoms with van der Waals surface area (Å²) < 4.78 is 0. The molecule has 0 spiro atoms. The molecular weight excluding hydrogens is 192 g/mol. The minimum absolute atomic E-state index is 0.375. The third-order valence-electron chi connectivity index (χ3n) is 3.00. The molecule has 0 radical (unpaired) electrons. The van der Waals surface area contributed by atoms with Gasteiger partial charge >= 0.3 is 0 Å². The Morgan fingerprint density at radius 3 is 2.71 bits per heavy atom. The van der Waals surface area contributed by atoms with Gasteiger partial charge in [-0.05, 0) is 37.8 Å². The SMILES string of the molecule is Cc1cc(C(CC2CC2)NN)sc1C. The smallest absolute Gasteiger partial charge is 0.0556 e. The summed E-state index contributed by atoms with van der Waals surface area (Å²) in [5.74, 6) is 6.51. The van der Waals surface area contributed by atoms with Gasteiger partial charge in [0, 0.05) is 9.75 Å². The number of nitrogens with two attached hydrogens (primary N) is 1. The van der Waals surface area contributed by atoms with E-state index in [0.717, 1.165) is 5.92 Å². The minimum Gasteiger partial charge on any atom is -0.271 e. The number of hydrogen-bond acceptors (Lipinski definition) is 3. The van der Waals surface area contributed by atoms with Gasteiger partial charge in [0.15, 0.2) is 0 Å². The second-order valence-corrected chi connectivity index (χ2v) is 5.57. The molecule has 3 heteroatoms. The van der Waals surface area contributed by atoms with Gasteiger partial charge in [-0.25, -0.2) is 0 Å². The fraction of sp³-hybridized carbons (Fsp3) is 0.636. The molecule has 1 saturated carbocycles. The van der Waals surface area contributed by atoms with Crippen LogP contribution in [0.25, 0.3) is 0 Å². The van der Waals surface area contributed by atoms with Crippen LogP contribution < -0.4 is 11.3 Å². The van der Waals surface area contributed by atoms with E-state index in [9.17, 15) is 0 Å².